The average molecular weight is 231 g/mol. The van der Waals surface area contributed by atoms with Crippen LogP contribution in [0.25, 0.3) is 0 Å². The summed E-state index contributed by atoms with van der Waals surface area (Å²) >= 11 is 0. The highest BCUT2D eigenvalue weighted by atomic mass is 16.2. The molecule has 0 saturated carbocycles. The molecule has 0 saturated heterocycles. The lowest BCUT2D eigenvalue weighted by Crippen LogP contribution is -2.43. The Labute approximate surface area is 99.3 Å². The lowest BCUT2D eigenvalue weighted by atomic mass is 10.3. The molecule has 4 N–H and O–H groups in total. The predicted molar refractivity (Wildman–Crippen MR) is 64.9 cm³/mol. The average Bonchev–Trinajstić information content (AvgIpc) is 2.33. The van der Waals surface area contributed by atoms with E-state index in [-0.39, 0.29) is 12.5 Å². The molecule has 0 spiro atoms. The van der Waals surface area contributed by atoms with Gasteiger partial charge in [0.15, 0.2) is 0 Å². The van der Waals surface area contributed by atoms with Crippen LogP contribution in [0.1, 0.15) is 5.69 Å². The molecule has 0 atom stereocenters. The molecule has 6 heteroatoms. The number of terminal acetylenes is 1. The topological polar surface area (TPSA) is 92.4 Å². The molecule has 0 aliphatic carbocycles. The van der Waals surface area contributed by atoms with E-state index < -0.39 is 6.03 Å². The molecule has 0 bridgehead atoms. The van der Waals surface area contributed by atoms with Crippen LogP contribution in [0.15, 0.2) is 29.4 Å². The third-order valence-electron chi connectivity index (χ3n) is 1.72. The highest BCUT2D eigenvalue weighted by molar-refractivity contribution is 5.95. The molecule has 0 aliphatic heterocycles. The van der Waals surface area contributed by atoms with Crippen molar-refractivity contribution in [3.05, 3.63) is 30.1 Å². The zero-order chi connectivity index (χ0) is 12.5. The van der Waals surface area contributed by atoms with E-state index in [2.05, 4.69) is 26.5 Å². The molecule has 17 heavy (non-hydrogen) atoms. The molecule has 0 aliphatic rings. The summed E-state index contributed by atoms with van der Waals surface area (Å²) in [6.07, 6.45) is 6.76. The van der Waals surface area contributed by atoms with Crippen molar-refractivity contribution in [1.29, 1.82) is 0 Å². The summed E-state index contributed by atoms with van der Waals surface area (Å²) < 4.78 is 0. The fourth-order valence-electron chi connectivity index (χ4n) is 1.04. The van der Waals surface area contributed by atoms with Crippen molar-refractivity contribution in [2.75, 3.05) is 6.54 Å². The molecular weight excluding hydrogens is 218 g/mol. The summed E-state index contributed by atoms with van der Waals surface area (Å²) in [6.45, 7) is 0.579. The molecule has 2 amide bonds. The van der Waals surface area contributed by atoms with Crippen molar-refractivity contribution in [2.45, 2.75) is 6.54 Å². The van der Waals surface area contributed by atoms with E-state index in [9.17, 15) is 4.79 Å². The van der Waals surface area contributed by atoms with Gasteiger partial charge in [-0.1, -0.05) is 12.0 Å². The van der Waals surface area contributed by atoms with E-state index in [1.807, 2.05) is 18.2 Å². The molecule has 1 rings (SSSR count). The highest BCUT2D eigenvalue weighted by Crippen LogP contribution is 1.94. The van der Waals surface area contributed by atoms with Crippen LogP contribution in [-0.4, -0.2) is 23.5 Å². The lowest BCUT2D eigenvalue weighted by Gasteiger charge is -2.07. The number of carbonyl (C=O) groups is 1. The van der Waals surface area contributed by atoms with Crippen LogP contribution < -0.4 is 16.4 Å². The van der Waals surface area contributed by atoms with Crippen molar-refractivity contribution in [3.8, 4) is 12.3 Å². The maximum atomic E-state index is 10.7. The van der Waals surface area contributed by atoms with Crippen LogP contribution in [0.3, 0.4) is 0 Å². The Kier molecular flexibility index (Phi) is 5.04. The first-order valence-corrected chi connectivity index (χ1v) is 4.90. The van der Waals surface area contributed by atoms with E-state index in [0.717, 1.165) is 5.69 Å². The number of primary amides is 1. The van der Waals surface area contributed by atoms with E-state index in [0.29, 0.717) is 6.54 Å². The quantitative estimate of drug-likeness (QED) is 0.383. The van der Waals surface area contributed by atoms with Gasteiger partial charge in [0, 0.05) is 6.20 Å². The SMILES string of the molecule is C#CCNC(=NCc1ccccn1)NC(N)=O. The Morgan fingerprint density at radius 3 is 3.00 bits per heavy atom. The number of amides is 2. The number of pyridine rings is 1. The van der Waals surface area contributed by atoms with Crippen molar-refractivity contribution >= 4 is 12.0 Å². The summed E-state index contributed by atoms with van der Waals surface area (Å²) in [5.74, 6) is 2.61. The van der Waals surface area contributed by atoms with Gasteiger partial charge >= 0.3 is 6.03 Å². The number of rotatable bonds is 3. The molecule has 1 aromatic heterocycles. The molecule has 6 nitrogen and oxygen atoms in total. The number of nitrogens with two attached hydrogens (primary N) is 1. The Balaban J connectivity index is 2.62. The smallest absolute Gasteiger partial charge is 0.318 e. The largest absolute Gasteiger partial charge is 0.351 e. The molecule has 88 valence electrons. The number of aromatic nitrogens is 1. The van der Waals surface area contributed by atoms with Gasteiger partial charge in [0.1, 0.15) is 0 Å². The Bertz CT molecular complexity index is 435. The van der Waals surface area contributed by atoms with Crippen LogP contribution >= 0.6 is 0 Å². The van der Waals surface area contributed by atoms with Crippen molar-refractivity contribution < 1.29 is 4.79 Å². The van der Waals surface area contributed by atoms with E-state index in [1.165, 1.54) is 0 Å². The van der Waals surface area contributed by atoms with Gasteiger partial charge in [0.2, 0.25) is 5.96 Å². The maximum absolute atomic E-state index is 10.7. The number of carbonyl (C=O) groups excluding carboxylic acids is 1. The minimum atomic E-state index is -0.700. The number of guanidine groups is 1. The van der Waals surface area contributed by atoms with Crippen LogP contribution in [0.5, 0.6) is 0 Å². The normalized spacial score (nSPS) is 10.4. The molecule has 1 heterocycles. The third kappa shape index (κ3) is 5.18. The molecule has 1 aromatic rings. The highest BCUT2D eigenvalue weighted by Gasteiger charge is 2.00. The lowest BCUT2D eigenvalue weighted by molar-refractivity contribution is 0.253. The Hall–Kier alpha value is -2.55. The summed E-state index contributed by atoms with van der Waals surface area (Å²) in [7, 11) is 0. The zero-order valence-electron chi connectivity index (χ0n) is 9.18. The van der Waals surface area contributed by atoms with Gasteiger partial charge in [-0.15, -0.1) is 6.42 Å². The fraction of sp³-hybridized carbons (Fsp3) is 0.182. The third-order valence-corrected chi connectivity index (χ3v) is 1.72. The van der Waals surface area contributed by atoms with Crippen LogP contribution in [0.2, 0.25) is 0 Å². The molecule has 0 fully saturated rings. The standard InChI is InChI=1S/C11H13N5O/c1-2-6-14-11(16-10(12)17)15-8-9-5-3-4-7-13-9/h1,3-5,7H,6,8H2,(H4,12,14,15,16,17). The number of aliphatic imine (C=N–C) groups is 1. The van der Waals surface area contributed by atoms with Crippen LogP contribution in [0.4, 0.5) is 4.79 Å². The summed E-state index contributed by atoms with van der Waals surface area (Å²) in [5.41, 5.74) is 5.77. The second-order valence-electron chi connectivity index (χ2n) is 3.03. The number of nitrogens with one attached hydrogen (secondary N) is 2. The van der Waals surface area contributed by atoms with Crippen molar-refractivity contribution in [3.63, 3.8) is 0 Å². The molecule has 0 unspecified atom stereocenters. The number of urea groups is 1. The van der Waals surface area contributed by atoms with Gasteiger partial charge in [0.25, 0.3) is 0 Å². The first-order valence-electron chi connectivity index (χ1n) is 4.90. The zero-order valence-corrected chi connectivity index (χ0v) is 9.18. The van der Waals surface area contributed by atoms with Gasteiger partial charge in [-0.05, 0) is 12.1 Å². The minimum absolute atomic E-state index is 0.237. The minimum Gasteiger partial charge on any atom is -0.351 e. The maximum Gasteiger partial charge on any atom is 0.318 e. The fourth-order valence-corrected chi connectivity index (χ4v) is 1.04. The summed E-state index contributed by atoms with van der Waals surface area (Å²) in [4.78, 5) is 18.9. The van der Waals surface area contributed by atoms with Gasteiger partial charge in [-0.3, -0.25) is 10.3 Å². The molecular formula is C11H13N5O. The van der Waals surface area contributed by atoms with E-state index in [1.54, 1.807) is 6.20 Å². The van der Waals surface area contributed by atoms with Crippen LogP contribution in [-0.2, 0) is 6.54 Å². The monoisotopic (exact) mass is 231 g/mol. The van der Waals surface area contributed by atoms with E-state index in [4.69, 9.17) is 12.2 Å². The first-order chi connectivity index (χ1) is 8.22. The predicted octanol–water partition coefficient (Wildman–Crippen LogP) is -0.171. The van der Waals surface area contributed by atoms with E-state index >= 15 is 0 Å². The molecule has 0 aromatic carbocycles. The molecule has 0 radical (unpaired) electrons. The van der Waals surface area contributed by atoms with Gasteiger partial charge < -0.3 is 11.1 Å². The first kappa shape index (κ1) is 12.5. The number of hydrogen-bond donors (Lipinski definition) is 3. The van der Waals surface area contributed by atoms with Gasteiger partial charge in [-0.2, -0.15) is 0 Å². The summed E-state index contributed by atoms with van der Waals surface area (Å²) in [5, 5.41) is 5.08. The summed E-state index contributed by atoms with van der Waals surface area (Å²) in [6, 6.07) is 4.79. The van der Waals surface area contributed by atoms with Gasteiger partial charge in [0.05, 0.1) is 18.8 Å². The van der Waals surface area contributed by atoms with Crippen LogP contribution in [0, 0.1) is 12.3 Å². The van der Waals surface area contributed by atoms with Crippen molar-refractivity contribution in [1.82, 2.24) is 15.6 Å². The van der Waals surface area contributed by atoms with Crippen molar-refractivity contribution in [2.24, 2.45) is 10.7 Å². The Morgan fingerprint density at radius 1 is 1.59 bits per heavy atom. The second-order valence-corrected chi connectivity index (χ2v) is 3.03. The number of nitrogens with zero attached hydrogens (tertiary/aromatic N) is 2. The number of hydrogen-bond acceptors (Lipinski definition) is 3. The van der Waals surface area contributed by atoms with Gasteiger partial charge in [-0.25, -0.2) is 9.79 Å². The second kappa shape index (κ2) is 6.85. The Morgan fingerprint density at radius 2 is 2.41 bits per heavy atom.